The number of phenols is 1. The largest absolute Gasteiger partial charge is 0.507 e. The number of carbonyl (C=O) groups excluding carboxylic acids is 2. The van der Waals surface area contributed by atoms with Crippen molar-refractivity contribution in [1.29, 1.82) is 0 Å². The van der Waals surface area contributed by atoms with Crippen LogP contribution in [0.5, 0.6) is 5.75 Å². The highest BCUT2D eigenvalue weighted by molar-refractivity contribution is 5.99. The molecule has 0 aromatic heterocycles. The van der Waals surface area contributed by atoms with E-state index in [-0.39, 0.29) is 17.2 Å². The van der Waals surface area contributed by atoms with Crippen LogP contribution in [0.4, 0.5) is 0 Å². The molecule has 0 radical (unpaired) electrons. The standard InChI is InChI=1S/C17H18N2O3/c1-11-8-9-14(20)13(10-11)16(21)19-15(17(22)18-2)12-6-4-3-5-7-12/h3-10,15,20H,1-2H3,(H,18,22)(H,19,21). The van der Waals surface area contributed by atoms with E-state index >= 15 is 0 Å². The molecule has 0 saturated heterocycles. The second-order valence-electron chi connectivity index (χ2n) is 4.95. The van der Waals surface area contributed by atoms with Gasteiger partial charge in [0, 0.05) is 7.05 Å². The average Bonchev–Trinajstić information content (AvgIpc) is 2.54. The molecule has 5 nitrogen and oxygen atoms in total. The molecule has 114 valence electrons. The summed E-state index contributed by atoms with van der Waals surface area (Å²) in [6.07, 6.45) is 0. The maximum Gasteiger partial charge on any atom is 0.255 e. The first kappa shape index (κ1) is 15.6. The number of hydrogen-bond acceptors (Lipinski definition) is 3. The van der Waals surface area contributed by atoms with Crippen molar-refractivity contribution in [2.45, 2.75) is 13.0 Å². The van der Waals surface area contributed by atoms with Gasteiger partial charge in [0.05, 0.1) is 5.56 Å². The van der Waals surface area contributed by atoms with Gasteiger partial charge in [0.2, 0.25) is 5.91 Å². The summed E-state index contributed by atoms with van der Waals surface area (Å²) in [6.45, 7) is 1.82. The predicted molar refractivity (Wildman–Crippen MR) is 83.6 cm³/mol. The smallest absolute Gasteiger partial charge is 0.255 e. The van der Waals surface area contributed by atoms with Crippen molar-refractivity contribution in [1.82, 2.24) is 10.6 Å². The van der Waals surface area contributed by atoms with E-state index in [9.17, 15) is 14.7 Å². The molecule has 0 bridgehead atoms. The Labute approximate surface area is 129 Å². The highest BCUT2D eigenvalue weighted by Crippen LogP contribution is 2.20. The molecule has 5 heteroatoms. The molecule has 1 unspecified atom stereocenters. The van der Waals surface area contributed by atoms with Crippen LogP contribution in [0.25, 0.3) is 0 Å². The number of nitrogens with one attached hydrogen (secondary N) is 2. The molecular formula is C17H18N2O3. The Balaban J connectivity index is 2.29. The van der Waals surface area contributed by atoms with Crippen LogP contribution in [0, 0.1) is 6.92 Å². The maximum absolute atomic E-state index is 12.4. The lowest BCUT2D eigenvalue weighted by atomic mass is 10.0. The molecule has 0 aliphatic heterocycles. The van der Waals surface area contributed by atoms with Gasteiger partial charge in [0.1, 0.15) is 11.8 Å². The highest BCUT2D eigenvalue weighted by Gasteiger charge is 2.23. The Morgan fingerprint density at radius 3 is 2.41 bits per heavy atom. The van der Waals surface area contributed by atoms with E-state index in [1.54, 1.807) is 36.4 Å². The number of phenolic OH excluding ortho intramolecular Hbond substituents is 1. The van der Waals surface area contributed by atoms with Crippen molar-refractivity contribution in [2.24, 2.45) is 0 Å². The molecule has 0 aliphatic carbocycles. The van der Waals surface area contributed by atoms with Gasteiger partial charge in [-0.1, -0.05) is 42.0 Å². The van der Waals surface area contributed by atoms with E-state index < -0.39 is 11.9 Å². The van der Waals surface area contributed by atoms with E-state index in [2.05, 4.69) is 10.6 Å². The summed E-state index contributed by atoms with van der Waals surface area (Å²) >= 11 is 0. The highest BCUT2D eigenvalue weighted by atomic mass is 16.3. The minimum atomic E-state index is -0.821. The fourth-order valence-electron chi connectivity index (χ4n) is 2.13. The summed E-state index contributed by atoms with van der Waals surface area (Å²) in [4.78, 5) is 24.4. The molecule has 1 atom stereocenters. The van der Waals surface area contributed by atoms with Crippen LogP contribution in [0.15, 0.2) is 48.5 Å². The molecule has 0 fully saturated rings. The van der Waals surface area contributed by atoms with Gasteiger partial charge in [-0.05, 0) is 24.6 Å². The van der Waals surface area contributed by atoms with E-state index in [1.165, 1.54) is 13.1 Å². The third-order valence-electron chi connectivity index (χ3n) is 3.31. The molecule has 2 rings (SSSR count). The number of carbonyl (C=O) groups is 2. The van der Waals surface area contributed by atoms with Crippen molar-refractivity contribution in [3.05, 3.63) is 65.2 Å². The van der Waals surface area contributed by atoms with Gasteiger partial charge in [0.15, 0.2) is 0 Å². The average molecular weight is 298 g/mol. The van der Waals surface area contributed by atoms with Gasteiger partial charge in [-0.2, -0.15) is 0 Å². The first-order chi connectivity index (χ1) is 10.5. The summed E-state index contributed by atoms with van der Waals surface area (Å²) in [7, 11) is 1.51. The van der Waals surface area contributed by atoms with Gasteiger partial charge < -0.3 is 15.7 Å². The fraction of sp³-hybridized carbons (Fsp3) is 0.176. The van der Waals surface area contributed by atoms with Crippen molar-refractivity contribution < 1.29 is 14.7 Å². The number of aromatic hydroxyl groups is 1. The van der Waals surface area contributed by atoms with Crippen molar-refractivity contribution in [3.63, 3.8) is 0 Å². The lowest BCUT2D eigenvalue weighted by molar-refractivity contribution is -0.122. The summed E-state index contributed by atoms with van der Waals surface area (Å²) in [5.74, 6) is -0.947. The number of aryl methyl sites for hydroxylation is 1. The van der Waals surface area contributed by atoms with Crippen molar-refractivity contribution >= 4 is 11.8 Å². The molecular weight excluding hydrogens is 280 g/mol. The van der Waals surface area contributed by atoms with Crippen molar-refractivity contribution in [2.75, 3.05) is 7.05 Å². The Morgan fingerprint density at radius 2 is 1.77 bits per heavy atom. The Hall–Kier alpha value is -2.82. The van der Waals surface area contributed by atoms with Crippen LogP contribution in [0.3, 0.4) is 0 Å². The fourth-order valence-corrected chi connectivity index (χ4v) is 2.13. The molecule has 2 aromatic carbocycles. The van der Waals surface area contributed by atoms with E-state index in [4.69, 9.17) is 0 Å². The molecule has 2 aromatic rings. The third-order valence-corrected chi connectivity index (χ3v) is 3.31. The van der Waals surface area contributed by atoms with Crippen LogP contribution >= 0.6 is 0 Å². The van der Waals surface area contributed by atoms with Gasteiger partial charge in [-0.25, -0.2) is 0 Å². The zero-order chi connectivity index (χ0) is 16.1. The molecule has 2 amide bonds. The van der Waals surface area contributed by atoms with Gasteiger partial charge >= 0.3 is 0 Å². The van der Waals surface area contributed by atoms with Crippen LogP contribution in [-0.4, -0.2) is 24.0 Å². The van der Waals surface area contributed by atoms with E-state index in [0.717, 1.165) is 5.56 Å². The van der Waals surface area contributed by atoms with E-state index in [0.29, 0.717) is 5.56 Å². The van der Waals surface area contributed by atoms with Crippen LogP contribution in [0.1, 0.15) is 27.5 Å². The molecule has 0 aliphatic rings. The number of hydrogen-bond donors (Lipinski definition) is 3. The number of rotatable bonds is 4. The Kier molecular flexibility index (Phi) is 4.78. The number of amides is 2. The molecule has 3 N–H and O–H groups in total. The molecule has 0 saturated carbocycles. The van der Waals surface area contributed by atoms with Gasteiger partial charge in [-0.3, -0.25) is 9.59 Å². The molecule has 0 heterocycles. The van der Waals surface area contributed by atoms with Crippen LogP contribution < -0.4 is 10.6 Å². The third kappa shape index (κ3) is 3.44. The van der Waals surface area contributed by atoms with Gasteiger partial charge in [-0.15, -0.1) is 0 Å². The minimum absolute atomic E-state index is 0.119. The predicted octanol–water partition coefficient (Wildman–Crippen LogP) is 1.92. The number of likely N-dealkylation sites (N-methyl/N-ethyl adjacent to an activating group) is 1. The summed E-state index contributed by atoms with van der Waals surface area (Å²) in [5.41, 5.74) is 1.66. The monoisotopic (exact) mass is 298 g/mol. The number of benzene rings is 2. The lowest BCUT2D eigenvalue weighted by Crippen LogP contribution is -2.39. The normalized spacial score (nSPS) is 11.5. The Bertz CT molecular complexity index is 684. The maximum atomic E-state index is 12.4. The minimum Gasteiger partial charge on any atom is -0.507 e. The zero-order valence-electron chi connectivity index (χ0n) is 12.5. The topological polar surface area (TPSA) is 78.4 Å². The SMILES string of the molecule is CNC(=O)C(NC(=O)c1cc(C)ccc1O)c1ccccc1. The molecule has 22 heavy (non-hydrogen) atoms. The second kappa shape index (κ2) is 6.76. The first-order valence-electron chi connectivity index (χ1n) is 6.90. The van der Waals surface area contributed by atoms with Crippen molar-refractivity contribution in [3.8, 4) is 5.75 Å². The summed E-state index contributed by atoms with van der Waals surface area (Å²) in [6, 6.07) is 12.9. The zero-order valence-corrected chi connectivity index (χ0v) is 12.5. The van der Waals surface area contributed by atoms with Crippen LogP contribution in [0.2, 0.25) is 0 Å². The summed E-state index contributed by atoms with van der Waals surface area (Å²) < 4.78 is 0. The lowest BCUT2D eigenvalue weighted by Gasteiger charge is -2.18. The molecule has 0 spiro atoms. The second-order valence-corrected chi connectivity index (χ2v) is 4.95. The quantitative estimate of drug-likeness (QED) is 0.807. The van der Waals surface area contributed by atoms with Gasteiger partial charge in [0.25, 0.3) is 5.91 Å². The van der Waals surface area contributed by atoms with E-state index in [1.807, 2.05) is 13.0 Å². The Morgan fingerprint density at radius 1 is 1.09 bits per heavy atom. The van der Waals surface area contributed by atoms with Crippen LogP contribution in [-0.2, 0) is 4.79 Å². The first-order valence-corrected chi connectivity index (χ1v) is 6.90. The summed E-state index contributed by atoms with van der Waals surface area (Å²) in [5, 5.41) is 15.0.